The minimum absolute atomic E-state index is 0.141. The Hall–Kier alpha value is -2.37. The molecule has 2 fully saturated rings. The van der Waals surface area contributed by atoms with E-state index < -0.39 is 0 Å². The van der Waals surface area contributed by atoms with Crippen molar-refractivity contribution in [2.24, 2.45) is 0 Å². The van der Waals surface area contributed by atoms with E-state index in [1.165, 1.54) is 17.7 Å². The number of aryl methyl sites for hydroxylation is 1. The number of aromatic amines is 1. The second kappa shape index (κ2) is 8.11. The first-order valence-electron chi connectivity index (χ1n) is 10.3. The molecule has 0 aromatic carbocycles. The molecule has 27 heavy (non-hydrogen) atoms. The minimum atomic E-state index is 0.141. The van der Waals surface area contributed by atoms with E-state index in [1.54, 1.807) is 6.20 Å². The second-order valence-corrected chi connectivity index (χ2v) is 7.65. The van der Waals surface area contributed by atoms with Crippen LogP contribution < -0.4 is 4.90 Å². The van der Waals surface area contributed by atoms with Crippen molar-refractivity contribution in [2.45, 2.75) is 51.4 Å². The first kappa shape index (κ1) is 18.0. The number of anilines is 1. The van der Waals surface area contributed by atoms with Gasteiger partial charge in [0, 0.05) is 44.0 Å². The van der Waals surface area contributed by atoms with Gasteiger partial charge in [0.2, 0.25) is 0 Å². The molecule has 1 N–H and O–H groups in total. The van der Waals surface area contributed by atoms with Gasteiger partial charge in [0.25, 0.3) is 5.91 Å². The average Bonchev–Trinajstić information content (AvgIpc) is 3.23. The van der Waals surface area contributed by atoms with Gasteiger partial charge in [0.05, 0.1) is 11.8 Å². The van der Waals surface area contributed by atoms with Crippen molar-refractivity contribution < 1.29 is 4.79 Å². The number of likely N-dealkylation sites (tertiary alicyclic amines) is 1. The summed E-state index contributed by atoms with van der Waals surface area (Å²) in [5.74, 6) is 1.51. The lowest BCUT2D eigenvalue weighted by Crippen LogP contribution is -2.39. The Balaban J connectivity index is 1.48. The number of aromatic nitrogens is 3. The van der Waals surface area contributed by atoms with Gasteiger partial charge in [0.15, 0.2) is 0 Å². The Bertz CT molecular complexity index is 772. The summed E-state index contributed by atoms with van der Waals surface area (Å²) < 4.78 is 0. The third-order valence-electron chi connectivity index (χ3n) is 6.00. The van der Waals surface area contributed by atoms with Crippen LogP contribution in [0, 0.1) is 0 Å². The molecule has 6 nitrogen and oxygen atoms in total. The summed E-state index contributed by atoms with van der Waals surface area (Å²) in [5.41, 5.74) is 3.38. The quantitative estimate of drug-likeness (QED) is 0.900. The molecule has 2 aliphatic heterocycles. The summed E-state index contributed by atoms with van der Waals surface area (Å²) >= 11 is 0. The lowest BCUT2D eigenvalue weighted by molar-refractivity contribution is 0.0724. The number of hydrogen-bond donors (Lipinski definition) is 1. The third kappa shape index (κ3) is 3.70. The number of nitrogens with one attached hydrogen (secondary N) is 1. The Morgan fingerprint density at radius 1 is 1.19 bits per heavy atom. The molecule has 4 rings (SSSR count). The Morgan fingerprint density at radius 3 is 2.70 bits per heavy atom. The molecule has 0 spiro atoms. The standard InChI is InChI=1S/C21H29N5O/c1-2-16-15-23-24-19(16)17-8-13-25(14-9-17)20-18(7-6-10-22-20)21(27)26-11-4-3-5-12-26/h6-7,10,15,17H,2-5,8-9,11-14H2,1H3,(H,23,24). The SMILES string of the molecule is CCc1cn[nH]c1C1CCN(c2ncccc2C(=O)N2CCCCC2)CC1. The van der Waals surface area contributed by atoms with E-state index in [2.05, 4.69) is 27.0 Å². The first-order chi connectivity index (χ1) is 13.3. The van der Waals surface area contributed by atoms with Crippen LogP contribution in [0.1, 0.15) is 66.6 Å². The number of pyridine rings is 1. The van der Waals surface area contributed by atoms with Crippen LogP contribution >= 0.6 is 0 Å². The zero-order valence-corrected chi connectivity index (χ0v) is 16.2. The number of amides is 1. The molecule has 0 unspecified atom stereocenters. The number of carbonyl (C=O) groups excluding carboxylic acids is 1. The fourth-order valence-electron chi connectivity index (χ4n) is 4.42. The van der Waals surface area contributed by atoms with Crippen LogP contribution in [0.4, 0.5) is 5.82 Å². The molecule has 2 aromatic heterocycles. The van der Waals surface area contributed by atoms with Gasteiger partial charge < -0.3 is 9.80 Å². The number of H-pyrrole nitrogens is 1. The number of piperidine rings is 2. The summed E-state index contributed by atoms with van der Waals surface area (Å²) in [4.78, 5) is 21.9. The van der Waals surface area contributed by atoms with Gasteiger partial charge in [0.1, 0.15) is 5.82 Å². The van der Waals surface area contributed by atoms with Gasteiger partial charge in [-0.3, -0.25) is 9.89 Å². The van der Waals surface area contributed by atoms with Gasteiger partial charge in [-0.15, -0.1) is 0 Å². The highest BCUT2D eigenvalue weighted by atomic mass is 16.2. The molecule has 0 saturated carbocycles. The lowest BCUT2D eigenvalue weighted by atomic mass is 9.90. The summed E-state index contributed by atoms with van der Waals surface area (Å²) in [6, 6.07) is 3.82. The maximum absolute atomic E-state index is 13.0. The fraction of sp³-hybridized carbons (Fsp3) is 0.571. The maximum Gasteiger partial charge on any atom is 0.257 e. The number of nitrogens with zero attached hydrogens (tertiary/aromatic N) is 4. The minimum Gasteiger partial charge on any atom is -0.356 e. The molecular formula is C21H29N5O. The Kier molecular flexibility index (Phi) is 5.41. The summed E-state index contributed by atoms with van der Waals surface area (Å²) in [5, 5.41) is 7.44. The summed E-state index contributed by atoms with van der Waals surface area (Å²) in [6.07, 6.45) is 10.3. The number of rotatable bonds is 4. The normalized spacial score (nSPS) is 18.7. The van der Waals surface area contributed by atoms with Crippen molar-refractivity contribution in [3.8, 4) is 0 Å². The van der Waals surface area contributed by atoms with Gasteiger partial charge in [-0.05, 0) is 56.2 Å². The highest BCUT2D eigenvalue weighted by Gasteiger charge is 2.28. The van der Waals surface area contributed by atoms with Gasteiger partial charge in [-0.2, -0.15) is 5.10 Å². The molecule has 0 radical (unpaired) electrons. The lowest BCUT2D eigenvalue weighted by Gasteiger charge is -2.34. The molecule has 0 aliphatic carbocycles. The average molecular weight is 367 g/mol. The molecule has 1 amide bonds. The van der Waals surface area contributed by atoms with Crippen LogP contribution in [0.3, 0.4) is 0 Å². The highest BCUT2D eigenvalue weighted by Crippen LogP contribution is 2.32. The largest absolute Gasteiger partial charge is 0.356 e. The second-order valence-electron chi connectivity index (χ2n) is 7.65. The van der Waals surface area contributed by atoms with Crippen LogP contribution in [-0.4, -0.2) is 52.2 Å². The van der Waals surface area contributed by atoms with E-state index >= 15 is 0 Å². The first-order valence-corrected chi connectivity index (χ1v) is 10.3. The maximum atomic E-state index is 13.0. The molecule has 6 heteroatoms. The van der Waals surface area contributed by atoms with Crippen LogP contribution in [0.5, 0.6) is 0 Å². The van der Waals surface area contributed by atoms with Crippen molar-refractivity contribution in [1.29, 1.82) is 0 Å². The smallest absolute Gasteiger partial charge is 0.257 e. The molecule has 2 saturated heterocycles. The molecular weight excluding hydrogens is 338 g/mol. The predicted octanol–water partition coefficient (Wildman–Crippen LogP) is 3.38. The van der Waals surface area contributed by atoms with E-state index in [0.717, 1.165) is 69.7 Å². The van der Waals surface area contributed by atoms with Gasteiger partial charge in [-0.25, -0.2) is 4.98 Å². The molecule has 144 valence electrons. The van der Waals surface area contributed by atoms with E-state index in [1.807, 2.05) is 23.2 Å². The zero-order chi connectivity index (χ0) is 18.6. The van der Waals surface area contributed by atoms with Gasteiger partial charge in [-0.1, -0.05) is 6.92 Å². The van der Waals surface area contributed by atoms with Gasteiger partial charge >= 0.3 is 0 Å². The zero-order valence-electron chi connectivity index (χ0n) is 16.2. The topological polar surface area (TPSA) is 65.1 Å². The van der Waals surface area contributed by atoms with E-state index in [4.69, 9.17) is 0 Å². The Labute approximate surface area is 161 Å². The molecule has 2 aromatic rings. The van der Waals surface area contributed by atoms with Crippen LogP contribution in [0.15, 0.2) is 24.5 Å². The highest BCUT2D eigenvalue weighted by molar-refractivity contribution is 5.99. The molecule has 4 heterocycles. The van der Waals surface area contributed by atoms with E-state index in [9.17, 15) is 4.79 Å². The van der Waals surface area contributed by atoms with E-state index in [-0.39, 0.29) is 5.91 Å². The molecule has 2 aliphatic rings. The molecule has 0 atom stereocenters. The number of hydrogen-bond acceptors (Lipinski definition) is 4. The van der Waals surface area contributed by atoms with E-state index in [0.29, 0.717) is 5.92 Å². The van der Waals surface area contributed by atoms with Crippen LogP contribution in [0.2, 0.25) is 0 Å². The Morgan fingerprint density at radius 2 is 1.96 bits per heavy atom. The fourth-order valence-corrected chi connectivity index (χ4v) is 4.42. The molecule has 0 bridgehead atoms. The summed E-state index contributed by atoms with van der Waals surface area (Å²) in [7, 11) is 0. The van der Waals surface area contributed by atoms with Crippen molar-refractivity contribution in [1.82, 2.24) is 20.1 Å². The summed E-state index contributed by atoms with van der Waals surface area (Å²) in [6.45, 7) is 5.76. The third-order valence-corrected chi connectivity index (χ3v) is 6.00. The van der Waals surface area contributed by atoms with Crippen molar-refractivity contribution in [3.05, 3.63) is 41.3 Å². The van der Waals surface area contributed by atoms with Crippen molar-refractivity contribution >= 4 is 11.7 Å². The number of carbonyl (C=O) groups is 1. The monoisotopic (exact) mass is 367 g/mol. The van der Waals surface area contributed by atoms with Crippen LogP contribution in [-0.2, 0) is 6.42 Å². The van der Waals surface area contributed by atoms with Crippen molar-refractivity contribution in [2.75, 3.05) is 31.1 Å². The van der Waals surface area contributed by atoms with Crippen molar-refractivity contribution in [3.63, 3.8) is 0 Å². The predicted molar refractivity (Wildman–Crippen MR) is 106 cm³/mol. The van der Waals surface area contributed by atoms with Crippen LogP contribution in [0.25, 0.3) is 0 Å².